The summed E-state index contributed by atoms with van der Waals surface area (Å²) in [6.45, 7) is 1.75. The second-order valence-corrected chi connectivity index (χ2v) is 9.40. The highest BCUT2D eigenvalue weighted by atomic mass is 35.5. The molecule has 0 saturated heterocycles. The van der Waals surface area contributed by atoms with Gasteiger partial charge in [-0.1, -0.05) is 60.1 Å². The van der Waals surface area contributed by atoms with E-state index in [2.05, 4.69) is 16.7 Å². The number of dihydropyridines is 1. The topological polar surface area (TPSA) is 74.2 Å². The molecule has 0 fully saturated rings. The number of ether oxygens (including phenoxy) is 1. The molecule has 0 spiro atoms. The molecule has 3 aromatic rings. The van der Waals surface area contributed by atoms with E-state index in [1.165, 1.54) is 24.9 Å². The number of amides is 1. The second kappa shape index (κ2) is 11.3. The van der Waals surface area contributed by atoms with E-state index in [4.69, 9.17) is 16.3 Å². The highest BCUT2D eigenvalue weighted by molar-refractivity contribution is 8.02. The molecule has 0 aliphatic carbocycles. The van der Waals surface area contributed by atoms with Crippen LogP contribution in [0.25, 0.3) is 0 Å². The van der Waals surface area contributed by atoms with Gasteiger partial charge in [0.1, 0.15) is 11.6 Å². The van der Waals surface area contributed by atoms with E-state index < -0.39 is 17.6 Å². The Morgan fingerprint density at radius 1 is 1.14 bits per heavy atom. The molecule has 1 amide bonds. The number of para-hydroxylation sites is 2. The van der Waals surface area contributed by atoms with Gasteiger partial charge in [0, 0.05) is 27.6 Å². The number of rotatable bonds is 7. The quantitative estimate of drug-likeness (QED) is 0.361. The Labute approximate surface area is 218 Å². The van der Waals surface area contributed by atoms with Gasteiger partial charge >= 0.3 is 0 Å². The molecule has 36 heavy (non-hydrogen) atoms. The van der Waals surface area contributed by atoms with E-state index in [0.29, 0.717) is 32.9 Å². The van der Waals surface area contributed by atoms with Crippen LogP contribution in [0, 0.1) is 17.1 Å². The zero-order valence-corrected chi connectivity index (χ0v) is 21.2. The lowest BCUT2D eigenvalue weighted by molar-refractivity contribution is -0.113. The Balaban J connectivity index is 1.75. The molecule has 5 nitrogen and oxygen atoms in total. The minimum Gasteiger partial charge on any atom is -0.495 e. The van der Waals surface area contributed by atoms with Crippen LogP contribution in [-0.4, -0.2) is 13.0 Å². The van der Waals surface area contributed by atoms with Crippen molar-refractivity contribution < 1.29 is 13.9 Å². The van der Waals surface area contributed by atoms with E-state index in [1.54, 1.807) is 55.5 Å². The van der Waals surface area contributed by atoms with Gasteiger partial charge in [0.05, 0.1) is 35.4 Å². The van der Waals surface area contributed by atoms with E-state index in [9.17, 15) is 10.1 Å². The number of nitrogens with zero attached hydrogens (tertiary/aromatic N) is 1. The van der Waals surface area contributed by atoms with Gasteiger partial charge in [-0.2, -0.15) is 5.26 Å². The van der Waals surface area contributed by atoms with Gasteiger partial charge in [-0.15, -0.1) is 11.8 Å². The molecule has 8 heteroatoms. The Kier molecular flexibility index (Phi) is 7.99. The summed E-state index contributed by atoms with van der Waals surface area (Å²) >= 11 is 7.70. The zero-order chi connectivity index (χ0) is 25.7. The van der Waals surface area contributed by atoms with Gasteiger partial charge in [0.2, 0.25) is 0 Å². The summed E-state index contributed by atoms with van der Waals surface area (Å²) in [4.78, 5) is 13.6. The van der Waals surface area contributed by atoms with Crippen LogP contribution in [-0.2, 0) is 10.5 Å². The molecule has 0 aromatic heterocycles. The summed E-state index contributed by atoms with van der Waals surface area (Å²) in [5.41, 5.74) is 2.66. The molecule has 1 aliphatic heterocycles. The zero-order valence-electron chi connectivity index (χ0n) is 19.6. The van der Waals surface area contributed by atoms with Crippen molar-refractivity contribution >= 4 is 35.0 Å². The molecule has 0 radical (unpaired) electrons. The average molecular weight is 520 g/mol. The number of anilines is 1. The molecular formula is C28H23ClFN3O2S. The molecule has 0 saturated carbocycles. The van der Waals surface area contributed by atoms with Crippen LogP contribution >= 0.6 is 23.4 Å². The molecule has 0 unspecified atom stereocenters. The van der Waals surface area contributed by atoms with Crippen molar-refractivity contribution in [2.45, 2.75) is 18.6 Å². The van der Waals surface area contributed by atoms with Crippen LogP contribution < -0.4 is 15.4 Å². The molecule has 1 heterocycles. The normalized spacial score (nSPS) is 15.2. The molecule has 1 atom stereocenters. The number of benzene rings is 3. The van der Waals surface area contributed by atoms with Crippen LogP contribution in [0.15, 0.2) is 94.7 Å². The number of thioether (sulfide) groups is 1. The summed E-state index contributed by atoms with van der Waals surface area (Å²) in [6, 6.07) is 22.9. The van der Waals surface area contributed by atoms with Gasteiger partial charge < -0.3 is 15.4 Å². The fraction of sp³-hybridized carbons (Fsp3) is 0.143. The van der Waals surface area contributed by atoms with E-state index in [1.807, 2.05) is 18.2 Å². The van der Waals surface area contributed by atoms with Crippen LogP contribution in [0.1, 0.15) is 24.0 Å². The van der Waals surface area contributed by atoms with Crippen molar-refractivity contribution in [2.75, 3.05) is 12.4 Å². The molecule has 3 aromatic carbocycles. The van der Waals surface area contributed by atoms with Crippen LogP contribution in [0.5, 0.6) is 5.75 Å². The van der Waals surface area contributed by atoms with Crippen molar-refractivity contribution in [1.82, 2.24) is 5.32 Å². The fourth-order valence-electron chi connectivity index (χ4n) is 4.05. The van der Waals surface area contributed by atoms with E-state index >= 15 is 4.39 Å². The largest absolute Gasteiger partial charge is 0.495 e. The predicted molar refractivity (Wildman–Crippen MR) is 142 cm³/mol. The molecule has 4 rings (SSSR count). The standard InChI is InChI=1S/C28H23ClFN3O2S/c1-17-25(27(34)33-23-13-7-8-14-24(23)35-2)26(19-10-4-6-12-22(19)30)20(15-31)28(32-17)36-16-18-9-3-5-11-21(18)29/h3-14,26,32H,16H2,1-2H3,(H,33,34)/t26-/m0/s1. The van der Waals surface area contributed by atoms with E-state index in [-0.39, 0.29) is 16.7 Å². The molecule has 0 bridgehead atoms. The Morgan fingerprint density at radius 2 is 1.83 bits per heavy atom. The Morgan fingerprint density at radius 3 is 2.56 bits per heavy atom. The highest BCUT2D eigenvalue weighted by Gasteiger charge is 2.36. The van der Waals surface area contributed by atoms with Crippen molar-refractivity contribution in [2.24, 2.45) is 0 Å². The van der Waals surface area contributed by atoms with Crippen LogP contribution in [0.4, 0.5) is 10.1 Å². The highest BCUT2D eigenvalue weighted by Crippen LogP contribution is 2.43. The van der Waals surface area contributed by atoms with Crippen molar-refractivity contribution in [3.8, 4) is 11.8 Å². The predicted octanol–water partition coefficient (Wildman–Crippen LogP) is 6.76. The molecule has 1 aliphatic rings. The maximum absolute atomic E-state index is 15.1. The van der Waals surface area contributed by atoms with Gasteiger partial charge in [-0.25, -0.2) is 4.39 Å². The van der Waals surface area contributed by atoms with Gasteiger partial charge in [0.25, 0.3) is 5.91 Å². The summed E-state index contributed by atoms with van der Waals surface area (Å²) in [6.07, 6.45) is 0. The lowest BCUT2D eigenvalue weighted by Gasteiger charge is -2.30. The fourth-order valence-corrected chi connectivity index (χ4v) is 5.43. The number of halogens is 2. The minimum atomic E-state index is -0.902. The van der Waals surface area contributed by atoms with Crippen molar-refractivity contribution in [1.29, 1.82) is 5.26 Å². The summed E-state index contributed by atoms with van der Waals surface area (Å²) < 4.78 is 20.4. The van der Waals surface area contributed by atoms with Gasteiger partial charge in [0.15, 0.2) is 0 Å². The SMILES string of the molecule is COc1ccccc1NC(=O)C1=C(C)NC(SCc2ccccc2Cl)=C(C#N)[C@@H]1c1ccccc1F. The smallest absolute Gasteiger partial charge is 0.254 e. The van der Waals surface area contributed by atoms with E-state index in [0.717, 1.165) is 5.56 Å². The summed E-state index contributed by atoms with van der Waals surface area (Å²) in [5, 5.41) is 17.5. The third kappa shape index (κ3) is 5.25. The maximum Gasteiger partial charge on any atom is 0.254 e. The van der Waals surface area contributed by atoms with Gasteiger partial charge in [-0.05, 0) is 36.8 Å². The number of allylic oxidation sites excluding steroid dienone is 2. The number of methoxy groups -OCH3 is 1. The molecule has 2 N–H and O–H groups in total. The first-order chi connectivity index (χ1) is 17.4. The third-order valence-electron chi connectivity index (χ3n) is 5.79. The van der Waals surface area contributed by atoms with Gasteiger partial charge in [-0.3, -0.25) is 4.79 Å². The molecular weight excluding hydrogens is 497 g/mol. The minimum absolute atomic E-state index is 0.246. The number of carbonyl (C=O) groups excluding carboxylic acids is 1. The second-order valence-electron chi connectivity index (χ2n) is 8.01. The first-order valence-electron chi connectivity index (χ1n) is 11.1. The number of hydrogen-bond donors (Lipinski definition) is 2. The van der Waals surface area contributed by atoms with Crippen LogP contribution in [0.3, 0.4) is 0 Å². The number of hydrogen-bond acceptors (Lipinski definition) is 5. The first kappa shape index (κ1) is 25.4. The lowest BCUT2D eigenvalue weighted by atomic mass is 9.82. The number of nitrogens with one attached hydrogen (secondary N) is 2. The monoisotopic (exact) mass is 519 g/mol. The number of nitriles is 1. The third-order valence-corrected chi connectivity index (χ3v) is 7.23. The summed E-state index contributed by atoms with van der Waals surface area (Å²) in [7, 11) is 1.51. The lowest BCUT2D eigenvalue weighted by Crippen LogP contribution is -2.31. The summed E-state index contributed by atoms with van der Waals surface area (Å²) in [5.74, 6) is -0.875. The number of carbonyl (C=O) groups is 1. The Bertz CT molecular complexity index is 1410. The van der Waals surface area contributed by atoms with Crippen molar-refractivity contribution in [3.63, 3.8) is 0 Å². The molecule has 182 valence electrons. The Hall–Kier alpha value is -3.73. The van der Waals surface area contributed by atoms with Crippen molar-refractivity contribution in [3.05, 3.63) is 117 Å². The first-order valence-corrected chi connectivity index (χ1v) is 12.5. The average Bonchev–Trinajstić information content (AvgIpc) is 2.88. The maximum atomic E-state index is 15.1. The van der Waals surface area contributed by atoms with Crippen LogP contribution in [0.2, 0.25) is 5.02 Å².